The van der Waals surface area contributed by atoms with Crippen LogP contribution in [-0.2, 0) is 10.2 Å². The molecule has 6 nitrogen and oxygen atoms in total. The number of nitrogens with one attached hydrogen (secondary N) is 1. The molecule has 0 amide bonds. The fourth-order valence-corrected chi connectivity index (χ4v) is 3.41. The smallest absolute Gasteiger partial charge is 0.282 e. The van der Waals surface area contributed by atoms with E-state index in [0.717, 1.165) is 24.4 Å². The monoisotopic (exact) mass is 258 g/mol. The van der Waals surface area contributed by atoms with Gasteiger partial charge in [-0.3, -0.25) is 0 Å². The molecule has 1 saturated heterocycles. The van der Waals surface area contributed by atoms with Gasteiger partial charge < -0.3 is 4.98 Å². The molecule has 17 heavy (non-hydrogen) atoms. The number of H-pyrrole nitrogens is 1. The summed E-state index contributed by atoms with van der Waals surface area (Å²) in [7, 11) is -0.251. The summed E-state index contributed by atoms with van der Waals surface area (Å²) in [6, 6.07) is -0.156. The zero-order valence-corrected chi connectivity index (χ0v) is 11.2. The van der Waals surface area contributed by atoms with Gasteiger partial charge >= 0.3 is 0 Å². The van der Waals surface area contributed by atoms with Crippen molar-refractivity contribution in [2.75, 3.05) is 20.6 Å². The minimum Gasteiger partial charge on any atom is -0.345 e. The highest BCUT2D eigenvalue weighted by molar-refractivity contribution is 7.86. The van der Waals surface area contributed by atoms with E-state index in [4.69, 9.17) is 0 Å². The summed E-state index contributed by atoms with van der Waals surface area (Å²) in [4.78, 5) is 7.36. The highest BCUT2D eigenvalue weighted by Gasteiger charge is 2.37. The fourth-order valence-electron chi connectivity index (χ4n) is 2.10. The summed E-state index contributed by atoms with van der Waals surface area (Å²) >= 11 is 0. The molecule has 0 spiro atoms. The minimum absolute atomic E-state index is 0.156. The molecule has 7 heteroatoms. The molecule has 96 valence electrons. The van der Waals surface area contributed by atoms with Gasteiger partial charge in [0.15, 0.2) is 0 Å². The number of aryl methyl sites for hydroxylation is 1. The second-order valence-electron chi connectivity index (χ2n) is 4.51. The second kappa shape index (κ2) is 4.40. The Kier molecular flexibility index (Phi) is 3.24. The van der Waals surface area contributed by atoms with Gasteiger partial charge in [0.05, 0.1) is 6.04 Å². The Balaban J connectivity index is 2.30. The first kappa shape index (κ1) is 12.5. The van der Waals surface area contributed by atoms with Gasteiger partial charge in [-0.25, -0.2) is 4.98 Å². The Morgan fingerprint density at radius 2 is 2.24 bits per heavy atom. The van der Waals surface area contributed by atoms with Crippen LogP contribution in [-0.4, -0.2) is 47.6 Å². The number of aromatic amines is 1. The maximum absolute atomic E-state index is 12.1. The van der Waals surface area contributed by atoms with Crippen molar-refractivity contribution >= 4 is 10.2 Å². The molecule has 1 atom stereocenters. The third-order valence-electron chi connectivity index (χ3n) is 3.00. The second-order valence-corrected chi connectivity index (χ2v) is 6.61. The standard InChI is InChI=1S/C10H18N4O2S/c1-8-7-11-10(12-8)9-5-4-6-14(9)17(15,16)13(2)3/h7,9H,4-6H2,1-3H3,(H,11,12). The topological polar surface area (TPSA) is 69.3 Å². The molecule has 1 aliphatic heterocycles. The van der Waals surface area contributed by atoms with E-state index in [1.54, 1.807) is 20.3 Å². The first-order valence-electron chi connectivity index (χ1n) is 5.63. The van der Waals surface area contributed by atoms with Crippen LogP contribution in [0.1, 0.15) is 30.4 Å². The molecule has 0 saturated carbocycles. The normalized spacial score (nSPS) is 22.5. The summed E-state index contributed by atoms with van der Waals surface area (Å²) in [5.41, 5.74) is 0.953. The average Bonchev–Trinajstić information content (AvgIpc) is 2.84. The van der Waals surface area contributed by atoms with Gasteiger partial charge in [0, 0.05) is 32.5 Å². The Labute approximate surface area is 102 Å². The lowest BCUT2D eigenvalue weighted by Crippen LogP contribution is -2.39. The molecule has 2 heterocycles. The predicted octanol–water partition coefficient (Wildman–Crippen LogP) is 0.661. The van der Waals surface area contributed by atoms with Crippen molar-refractivity contribution in [3.05, 3.63) is 17.7 Å². The van der Waals surface area contributed by atoms with Crippen LogP contribution in [0.2, 0.25) is 0 Å². The largest absolute Gasteiger partial charge is 0.345 e. The summed E-state index contributed by atoms with van der Waals surface area (Å²) in [6.07, 6.45) is 3.42. The molecule has 1 aromatic heterocycles. The van der Waals surface area contributed by atoms with Gasteiger partial charge in [-0.05, 0) is 19.8 Å². The summed E-state index contributed by atoms with van der Waals surface area (Å²) < 4.78 is 27.0. The number of rotatable bonds is 3. The Morgan fingerprint density at radius 1 is 1.53 bits per heavy atom. The SMILES string of the molecule is Cc1cnc(C2CCCN2S(=O)(=O)N(C)C)[nH]1. The van der Waals surface area contributed by atoms with Crippen LogP contribution in [0.4, 0.5) is 0 Å². The third kappa shape index (κ3) is 2.22. The number of hydrogen-bond donors (Lipinski definition) is 1. The van der Waals surface area contributed by atoms with Gasteiger partial charge in [-0.1, -0.05) is 0 Å². The first-order chi connectivity index (χ1) is 7.93. The average molecular weight is 258 g/mol. The molecular weight excluding hydrogens is 240 g/mol. The van der Waals surface area contributed by atoms with Crippen molar-refractivity contribution in [1.82, 2.24) is 18.6 Å². The highest BCUT2D eigenvalue weighted by atomic mass is 32.2. The lowest BCUT2D eigenvalue weighted by molar-refractivity contribution is 0.354. The Bertz CT molecular complexity index is 494. The third-order valence-corrected chi connectivity index (χ3v) is 4.95. The lowest BCUT2D eigenvalue weighted by atomic mass is 10.2. The number of imidazole rings is 1. The summed E-state index contributed by atoms with van der Waals surface area (Å²) in [5.74, 6) is 0.741. The van der Waals surface area contributed by atoms with E-state index in [1.807, 2.05) is 6.92 Å². The summed E-state index contributed by atoms with van der Waals surface area (Å²) in [5, 5.41) is 0. The minimum atomic E-state index is -3.36. The van der Waals surface area contributed by atoms with Gasteiger partial charge in [0.2, 0.25) is 0 Å². The van der Waals surface area contributed by atoms with Crippen LogP contribution in [0.3, 0.4) is 0 Å². The van der Waals surface area contributed by atoms with Gasteiger partial charge in [-0.2, -0.15) is 17.0 Å². The molecule has 1 fully saturated rings. The fraction of sp³-hybridized carbons (Fsp3) is 0.700. The van der Waals surface area contributed by atoms with E-state index in [1.165, 1.54) is 8.61 Å². The molecule has 1 aliphatic rings. The van der Waals surface area contributed by atoms with E-state index >= 15 is 0 Å². The van der Waals surface area contributed by atoms with Crippen LogP contribution in [0.25, 0.3) is 0 Å². The van der Waals surface area contributed by atoms with Gasteiger partial charge in [0.1, 0.15) is 5.82 Å². The van der Waals surface area contributed by atoms with E-state index in [2.05, 4.69) is 9.97 Å². The molecular formula is C10H18N4O2S. The number of aromatic nitrogens is 2. The molecule has 0 aliphatic carbocycles. The maximum Gasteiger partial charge on any atom is 0.282 e. The van der Waals surface area contributed by atoms with E-state index < -0.39 is 10.2 Å². The first-order valence-corrected chi connectivity index (χ1v) is 7.03. The molecule has 1 aromatic rings. The van der Waals surface area contributed by atoms with Crippen LogP contribution in [0.15, 0.2) is 6.20 Å². The van der Waals surface area contributed by atoms with Crippen molar-refractivity contribution in [2.24, 2.45) is 0 Å². The molecule has 0 bridgehead atoms. The van der Waals surface area contributed by atoms with E-state index in [9.17, 15) is 8.42 Å². The zero-order chi connectivity index (χ0) is 12.6. The molecule has 0 aromatic carbocycles. The van der Waals surface area contributed by atoms with Crippen molar-refractivity contribution in [2.45, 2.75) is 25.8 Å². The van der Waals surface area contributed by atoms with Crippen molar-refractivity contribution in [3.63, 3.8) is 0 Å². The summed E-state index contributed by atoms with van der Waals surface area (Å²) in [6.45, 7) is 2.47. The highest BCUT2D eigenvalue weighted by Crippen LogP contribution is 2.33. The molecule has 1 N–H and O–H groups in total. The van der Waals surface area contributed by atoms with E-state index in [0.29, 0.717) is 6.54 Å². The van der Waals surface area contributed by atoms with Gasteiger partial charge in [-0.15, -0.1) is 0 Å². The molecule has 2 rings (SSSR count). The Morgan fingerprint density at radius 3 is 2.76 bits per heavy atom. The molecule has 0 radical (unpaired) electrons. The number of hydrogen-bond acceptors (Lipinski definition) is 3. The van der Waals surface area contributed by atoms with Crippen LogP contribution in [0, 0.1) is 6.92 Å². The van der Waals surface area contributed by atoms with Crippen LogP contribution in [0.5, 0.6) is 0 Å². The van der Waals surface area contributed by atoms with Crippen LogP contribution < -0.4 is 0 Å². The number of nitrogens with zero attached hydrogens (tertiary/aromatic N) is 3. The Hall–Kier alpha value is -0.920. The van der Waals surface area contributed by atoms with E-state index in [-0.39, 0.29) is 6.04 Å². The quantitative estimate of drug-likeness (QED) is 0.866. The zero-order valence-electron chi connectivity index (χ0n) is 10.3. The van der Waals surface area contributed by atoms with Crippen molar-refractivity contribution in [3.8, 4) is 0 Å². The maximum atomic E-state index is 12.1. The predicted molar refractivity (Wildman–Crippen MR) is 64.6 cm³/mol. The van der Waals surface area contributed by atoms with Crippen LogP contribution >= 0.6 is 0 Å². The molecule has 1 unspecified atom stereocenters. The lowest BCUT2D eigenvalue weighted by Gasteiger charge is -2.25. The van der Waals surface area contributed by atoms with Crippen molar-refractivity contribution < 1.29 is 8.42 Å². The van der Waals surface area contributed by atoms with Gasteiger partial charge in [0.25, 0.3) is 10.2 Å². The van der Waals surface area contributed by atoms with Crippen molar-refractivity contribution in [1.29, 1.82) is 0 Å².